The van der Waals surface area contributed by atoms with Crippen molar-refractivity contribution in [2.75, 3.05) is 33.0 Å². The van der Waals surface area contributed by atoms with E-state index in [4.69, 9.17) is 10.5 Å². The van der Waals surface area contributed by atoms with Gasteiger partial charge in [0.1, 0.15) is 5.82 Å². The molecule has 0 fully saturated rings. The van der Waals surface area contributed by atoms with Crippen LogP contribution >= 0.6 is 0 Å². The number of aromatic amines is 2. The zero-order valence-corrected chi connectivity index (χ0v) is 16.5. The van der Waals surface area contributed by atoms with Crippen molar-refractivity contribution in [1.82, 2.24) is 19.9 Å². The van der Waals surface area contributed by atoms with Gasteiger partial charge in [0.2, 0.25) is 0 Å². The second-order valence-corrected chi connectivity index (χ2v) is 6.97. The molecule has 0 aliphatic rings. The number of aromatic nitrogens is 3. The topological polar surface area (TPSA) is 117 Å². The lowest BCUT2D eigenvalue weighted by Crippen LogP contribution is -2.29. The number of nitrogen functional groups attached to an aromatic ring is 1. The van der Waals surface area contributed by atoms with E-state index in [1.54, 1.807) is 37.3 Å². The lowest BCUT2D eigenvalue weighted by Gasteiger charge is -2.16. The number of nitrogens with one attached hydrogen (secondary N) is 2. The molecule has 0 atom stereocenters. The van der Waals surface area contributed by atoms with Gasteiger partial charge in [-0.25, -0.2) is 9.37 Å². The van der Waals surface area contributed by atoms with Crippen molar-refractivity contribution in [2.45, 2.75) is 0 Å². The number of nitrogens with zero attached hydrogens (tertiary/aromatic N) is 2. The number of anilines is 1. The van der Waals surface area contributed by atoms with Gasteiger partial charge in [-0.2, -0.15) is 0 Å². The van der Waals surface area contributed by atoms with Gasteiger partial charge in [0, 0.05) is 43.2 Å². The van der Waals surface area contributed by atoms with Gasteiger partial charge < -0.3 is 25.3 Å². The minimum Gasteiger partial charge on any atom is -0.396 e. The molecule has 0 aliphatic heterocycles. The number of H-pyrrole nitrogens is 2. The molecule has 2 aromatic heterocycles. The summed E-state index contributed by atoms with van der Waals surface area (Å²) in [6, 6.07) is 9.01. The van der Waals surface area contributed by atoms with E-state index in [0.29, 0.717) is 52.0 Å². The zero-order valence-electron chi connectivity index (χ0n) is 16.5. The number of rotatable bonds is 5. The number of nitrogens with two attached hydrogens (primary N) is 1. The van der Waals surface area contributed by atoms with E-state index < -0.39 is 11.4 Å². The van der Waals surface area contributed by atoms with Gasteiger partial charge in [-0.15, -0.1) is 0 Å². The smallest absolute Gasteiger partial charge is 0.276 e. The number of ether oxygens (including phenoxy) is 1. The van der Waals surface area contributed by atoms with Gasteiger partial charge in [0.05, 0.1) is 29.0 Å². The van der Waals surface area contributed by atoms with Crippen molar-refractivity contribution >= 4 is 33.5 Å². The fourth-order valence-electron chi connectivity index (χ4n) is 3.31. The summed E-state index contributed by atoms with van der Waals surface area (Å²) in [5.41, 5.74) is 8.27. The Morgan fingerprint density at radius 2 is 2.00 bits per heavy atom. The summed E-state index contributed by atoms with van der Waals surface area (Å²) < 4.78 is 18.6. The molecule has 30 heavy (non-hydrogen) atoms. The molecule has 0 spiro atoms. The Labute approximate surface area is 170 Å². The van der Waals surface area contributed by atoms with Crippen LogP contribution in [0.4, 0.5) is 10.1 Å². The Morgan fingerprint density at radius 1 is 1.20 bits per heavy atom. The average molecular weight is 409 g/mol. The summed E-state index contributed by atoms with van der Waals surface area (Å²) in [5, 5.41) is 0.654. The van der Waals surface area contributed by atoms with Crippen molar-refractivity contribution < 1.29 is 13.9 Å². The van der Waals surface area contributed by atoms with E-state index in [9.17, 15) is 14.0 Å². The van der Waals surface area contributed by atoms with Crippen molar-refractivity contribution in [3.63, 3.8) is 0 Å². The van der Waals surface area contributed by atoms with Crippen LogP contribution in [0.3, 0.4) is 0 Å². The maximum atomic E-state index is 13.6. The van der Waals surface area contributed by atoms with Crippen LogP contribution in [0.15, 0.2) is 41.2 Å². The third-order valence-corrected chi connectivity index (χ3v) is 4.96. The highest BCUT2D eigenvalue weighted by Crippen LogP contribution is 2.31. The Kier molecular flexibility index (Phi) is 4.96. The number of likely N-dealkylation sites (N-methyl/N-ethyl adjacent to an activating group) is 1. The van der Waals surface area contributed by atoms with Crippen molar-refractivity contribution in [3.8, 4) is 11.4 Å². The highest BCUT2D eigenvalue weighted by molar-refractivity contribution is 6.04. The van der Waals surface area contributed by atoms with E-state index in [2.05, 4.69) is 15.0 Å². The standard InChI is InChI=1S/C21H20FN5O3/c1-27(7-8-30-2)21(29)11-3-5-13-15(9-11)24-18(17(13)23)19-20(28)26-14-6-4-12(22)10-16(14)25-19/h3-6,9-10,24H,7-8,23H2,1-2H3,(H,26,28). The predicted octanol–water partition coefficient (Wildman–Crippen LogP) is 2.51. The number of methoxy groups -OCH3 is 1. The maximum Gasteiger partial charge on any atom is 0.276 e. The second-order valence-electron chi connectivity index (χ2n) is 6.97. The molecule has 2 aromatic carbocycles. The maximum absolute atomic E-state index is 13.6. The van der Waals surface area contributed by atoms with Crippen LogP contribution in [0.2, 0.25) is 0 Å². The zero-order chi connectivity index (χ0) is 21.4. The summed E-state index contributed by atoms with van der Waals surface area (Å²) in [6.07, 6.45) is 0. The molecule has 2 heterocycles. The minimum absolute atomic E-state index is 0.0480. The highest BCUT2D eigenvalue weighted by Gasteiger charge is 2.18. The Bertz CT molecular complexity index is 1330. The third-order valence-electron chi connectivity index (χ3n) is 4.96. The van der Waals surface area contributed by atoms with Crippen LogP contribution in [0.1, 0.15) is 10.4 Å². The molecule has 9 heteroatoms. The number of carbonyl (C=O) groups is 1. The van der Waals surface area contributed by atoms with Gasteiger partial charge in [-0.3, -0.25) is 9.59 Å². The van der Waals surface area contributed by atoms with Crippen LogP contribution < -0.4 is 11.3 Å². The fraction of sp³-hybridized carbons (Fsp3) is 0.190. The largest absolute Gasteiger partial charge is 0.396 e. The predicted molar refractivity (Wildman–Crippen MR) is 113 cm³/mol. The summed E-state index contributed by atoms with van der Waals surface area (Å²) in [6.45, 7) is 0.888. The SMILES string of the molecule is COCCN(C)C(=O)c1ccc2c(N)c(-c3nc4cc(F)ccc4[nH]c3=O)[nH]c2c1. The third kappa shape index (κ3) is 3.39. The van der Waals surface area contributed by atoms with E-state index in [1.165, 1.54) is 18.2 Å². The fourth-order valence-corrected chi connectivity index (χ4v) is 3.31. The molecule has 1 amide bonds. The first-order valence-corrected chi connectivity index (χ1v) is 9.24. The first-order valence-electron chi connectivity index (χ1n) is 9.24. The molecule has 4 aromatic rings. The van der Waals surface area contributed by atoms with Crippen LogP contribution in [0.25, 0.3) is 33.3 Å². The van der Waals surface area contributed by atoms with E-state index in [-0.39, 0.29) is 11.6 Å². The number of hydrogen-bond acceptors (Lipinski definition) is 5. The molecule has 0 radical (unpaired) electrons. The molecule has 0 bridgehead atoms. The van der Waals surface area contributed by atoms with Gasteiger partial charge in [0.25, 0.3) is 11.5 Å². The van der Waals surface area contributed by atoms with Crippen LogP contribution in [-0.4, -0.2) is 53.1 Å². The first-order chi connectivity index (χ1) is 14.4. The number of fused-ring (bicyclic) bond motifs is 2. The normalized spacial score (nSPS) is 11.3. The molecule has 0 aliphatic carbocycles. The number of benzene rings is 2. The molecular weight excluding hydrogens is 389 g/mol. The van der Waals surface area contributed by atoms with Crippen molar-refractivity contribution in [1.29, 1.82) is 0 Å². The molecule has 4 rings (SSSR count). The molecule has 0 unspecified atom stereocenters. The molecule has 0 saturated carbocycles. The quantitative estimate of drug-likeness (QED) is 0.468. The van der Waals surface area contributed by atoms with Gasteiger partial charge in [0.15, 0.2) is 5.69 Å². The lowest BCUT2D eigenvalue weighted by atomic mass is 10.1. The molecule has 154 valence electrons. The van der Waals surface area contributed by atoms with Crippen molar-refractivity contribution in [3.05, 3.63) is 58.1 Å². The summed E-state index contributed by atoms with van der Waals surface area (Å²) >= 11 is 0. The highest BCUT2D eigenvalue weighted by atomic mass is 19.1. The molecule has 8 nitrogen and oxygen atoms in total. The van der Waals surface area contributed by atoms with E-state index in [1.807, 2.05) is 0 Å². The second kappa shape index (κ2) is 7.60. The monoisotopic (exact) mass is 409 g/mol. The summed E-state index contributed by atoms with van der Waals surface area (Å²) in [7, 11) is 3.27. The first kappa shape index (κ1) is 19.6. The van der Waals surface area contributed by atoms with E-state index >= 15 is 0 Å². The van der Waals surface area contributed by atoms with Crippen LogP contribution in [-0.2, 0) is 4.74 Å². The Hall–Kier alpha value is -3.72. The number of carbonyl (C=O) groups excluding carboxylic acids is 1. The van der Waals surface area contributed by atoms with Gasteiger partial charge in [-0.1, -0.05) is 0 Å². The number of amides is 1. The van der Waals surface area contributed by atoms with E-state index in [0.717, 1.165) is 0 Å². The number of halogens is 1. The lowest BCUT2D eigenvalue weighted by molar-refractivity contribution is 0.0744. The Morgan fingerprint density at radius 3 is 2.77 bits per heavy atom. The minimum atomic E-state index is -0.460. The van der Waals surface area contributed by atoms with Crippen LogP contribution in [0.5, 0.6) is 0 Å². The van der Waals surface area contributed by atoms with Crippen molar-refractivity contribution in [2.24, 2.45) is 0 Å². The Balaban J connectivity index is 1.79. The average Bonchev–Trinajstić information content (AvgIpc) is 3.06. The van der Waals surface area contributed by atoms with Crippen LogP contribution in [0, 0.1) is 5.82 Å². The number of hydrogen-bond donors (Lipinski definition) is 3. The molecular formula is C21H20FN5O3. The molecule has 0 saturated heterocycles. The summed E-state index contributed by atoms with van der Waals surface area (Å²) in [5.74, 6) is -0.626. The van der Waals surface area contributed by atoms with Gasteiger partial charge in [-0.05, 0) is 30.3 Å². The molecule has 4 N–H and O–H groups in total. The summed E-state index contributed by atoms with van der Waals surface area (Å²) in [4.78, 5) is 36.8. The van der Waals surface area contributed by atoms with Gasteiger partial charge >= 0.3 is 0 Å².